The van der Waals surface area contributed by atoms with Crippen LogP contribution in [-0.2, 0) is 4.74 Å². The minimum atomic E-state index is -4.71. The summed E-state index contributed by atoms with van der Waals surface area (Å²) in [7, 11) is 0. The highest BCUT2D eigenvalue weighted by molar-refractivity contribution is 5.62. The lowest BCUT2D eigenvalue weighted by molar-refractivity contribution is -0.274. The molecule has 0 bridgehead atoms. The van der Waals surface area contributed by atoms with Crippen molar-refractivity contribution >= 4 is 11.4 Å². The monoisotopic (exact) mass is 392 g/mol. The van der Waals surface area contributed by atoms with Crippen LogP contribution in [0.25, 0.3) is 0 Å². The fourth-order valence-corrected chi connectivity index (χ4v) is 3.11. The van der Waals surface area contributed by atoms with Crippen LogP contribution in [0.5, 0.6) is 5.75 Å². The maximum absolute atomic E-state index is 12.3. The molecule has 6 nitrogen and oxygen atoms in total. The van der Waals surface area contributed by atoms with Crippen molar-refractivity contribution in [3.05, 3.63) is 66.5 Å². The van der Waals surface area contributed by atoms with Crippen molar-refractivity contribution in [3.63, 3.8) is 0 Å². The van der Waals surface area contributed by atoms with E-state index in [1.165, 1.54) is 12.1 Å². The van der Waals surface area contributed by atoms with E-state index in [1.807, 2.05) is 35.5 Å². The van der Waals surface area contributed by atoms with Crippen LogP contribution in [-0.4, -0.2) is 26.1 Å². The summed E-state index contributed by atoms with van der Waals surface area (Å²) in [5.41, 5.74) is 5.69. The summed E-state index contributed by atoms with van der Waals surface area (Å²) in [5.74, 6) is -0.264. The molecule has 28 heavy (non-hydrogen) atoms. The summed E-state index contributed by atoms with van der Waals surface area (Å²) in [6.45, 7) is 2.33. The van der Waals surface area contributed by atoms with Crippen molar-refractivity contribution in [2.24, 2.45) is 0 Å². The van der Waals surface area contributed by atoms with E-state index in [2.05, 4.69) is 15.5 Å². The topological polar surface area (TPSA) is 49.0 Å². The lowest BCUT2D eigenvalue weighted by atomic mass is 10.1. The maximum Gasteiger partial charge on any atom is 0.573 e. The molecule has 2 heterocycles. The molecular formula is C19H19F3N4O2. The number of rotatable bonds is 4. The Morgan fingerprint density at radius 1 is 1.00 bits per heavy atom. The first-order chi connectivity index (χ1) is 13.5. The van der Waals surface area contributed by atoms with Gasteiger partial charge in [-0.05, 0) is 42.0 Å². The number of halogens is 3. The zero-order valence-electron chi connectivity index (χ0n) is 14.8. The third-order valence-corrected chi connectivity index (χ3v) is 4.40. The van der Waals surface area contributed by atoms with Crippen LogP contribution in [0.4, 0.5) is 24.5 Å². The average molecular weight is 392 g/mol. The molecule has 2 N–H and O–H groups in total. The van der Waals surface area contributed by atoms with Gasteiger partial charge in [-0.15, -0.1) is 13.2 Å². The predicted octanol–water partition coefficient (Wildman–Crippen LogP) is 3.46. The van der Waals surface area contributed by atoms with Gasteiger partial charge in [-0.25, -0.2) is 5.01 Å². The smallest absolute Gasteiger partial charge is 0.406 e. The van der Waals surface area contributed by atoms with Crippen LogP contribution in [0.3, 0.4) is 0 Å². The van der Waals surface area contributed by atoms with Gasteiger partial charge in [0.25, 0.3) is 0 Å². The van der Waals surface area contributed by atoms with Crippen molar-refractivity contribution < 1.29 is 22.6 Å². The number of hydrazine groups is 2. The molecule has 0 amide bonds. The van der Waals surface area contributed by atoms with E-state index in [1.54, 1.807) is 23.5 Å². The van der Waals surface area contributed by atoms with Crippen molar-refractivity contribution in [2.75, 3.05) is 29.8 Å². The van der Waals surface area contributed by atoms with E-state index in [4.69, 9.17) is 4.74 Å². The molecule has 2 aromatic carbocycles. The number of hydrogen-bond donors (Lipinski definition) is 2. The highest BCUT2D eigenvalue weighted by Crippen LogP contribution is 2.29. The Bertz CT molecular complexity index is 819. The zero-order chi connectivity index (χ0) is 19.6. The van der Waals surface area contributed by atoms with Gasteiger partial charge < -0.3 is 14.8 Å². The molecule has 2 aromatic rings. The molecule has 1 fully saturated rings. The van der Waals surface area contributed by atoms with Gasteiger partial charge in [0.1, 0.15) is 5.75 Å². The van der Waals surface area contributed by atoms with Crippen LogP contribution in [0.2, 0.25) is 0 Å². The normalized spacial score (nSPS) is 19.6. The van der Waals surface area contributed by atoms with E-state index < -0.39 is 6.36 Å². The SMILES string of the molecule is FC(F)(F)Oc1ccc(N2NC=CN2c2ccc([C@H]3CNCCO3)cc2)cc1. The zero-order valence-corrected chi connectivity index (χ0v) is 14.8. The molecule has 0 radical (unpaired) electrons. The largest absolute Gasteiger partial charge is 0.573 e. The fourth-order valence-electron chi connectivity index (χ4n) is 3.11. The van der Waals surface area contributed by atoms with Gasteiger partial charge in [-0.2, -0.15) is 5.12 Å². The second-order valence-electron chi connectivity index (χ2n) is 6.30. The minimum absolute atomic E-state index is 0.0346. The van der Waals surface area contributed by atoms with Gasteiger partial charge in [0.05, 0.1) is 24.1 Å². The molecule has 4 rings (SSSR count). The Balaban J connectivity index is 1.48. The van der Waals surface area contributed by atoms with E-state index in [0.717, 1.165) is 24.3 Å². The highest BCUT2D eigenvalue weighted by atomic mass is 19.4. The first kappa shape index (κ1) is 18.5. The summed E-state index contributed by atoms with van der Waals surface area (Å²) >= 11 is 0. The van der Waals surface area contributed by atoms with E-state index in [0.29, 0.717) is 12.3 Å². The molecule has 0 aliphatic carbocycles. The van der Waals surface area contributed by atoms with E-state index in [9.17, 15) is 13.2 Å². The van der Waals surface area contributed by atoms with E-state index >= 15 is 0 Å². The van der Waals surface area contributed by atoms with Gasteiger partial charge in [-0.1, -0.05) is 12.1 Å². The third-order valence-electron chi connectivity index (χ3n) is 4.40. The Morgan fingerprint density at radius 2 is 1.71 bits per heavy atom. The van der Waals surface area contributed by atoms with Crippen molar-refractivity contribution in [1.82, 2.24) is 10.7 Å². The summed E-state index contributed by atoms with van der Waals surface area (Å²) in [6.07, 6.45) is -1.11. The molecule has 1 saturated heterocycles. The number of alkyl halides is 3. The standard InChI is InChI=1S/C19H19F3N4O2/c20-19(21,22)28-17-7-5-16(6-8-17)26-24-9-11-25(26)15-3-1-14(2-4-15)18-13-23-10-12-27-18/h1-9,11,18,23-24H,10,12-13H2/t18-/m1/s1. The predicted molar refractivity (Wildman–Crippen MR) is 98.4 cm³/mol. The number of ether oxygens (including phenoxy) is 2. The first-order valence-electron chi connectivity index (χ1n) is 8.80. The molecule has 0 unspecified atom stereocenters. The summed E-state index contributed by atoms with van der Waals surface area (Å²) in [6, 6.07) is 13.6. The van der Waals surface area contributed by atoms with Crippen LogP contribution in [0.15, 0.2) is 60.9 Å². The fraction of sp³-hybridized carbons (Fsp3) is 0.263. The lowest BCUT2D eigenvalue weighted by Gasteiger charge is -2.31. The minimum Gasteiger partial charge on any atom is -0.406 e. The molecule has 148 valence electrons. The molecule has 0 saturated carbocycles. The Hall–Kier alpha value is -2.91. The first-order valence-corrected chi connectivity index (χ1v) is 8.80. The second-order valence-corrected chi connectivity index (χ2v) is 6.30. The number of hydrogen-bond acceptors (Lipinski definition) is 6. The molecule has 2 aliphatic rings. The summed E-state index contributed by atoms with van der Waals surface area (Å²) < 4.78 is 46.6. The number of nitrogens with zero attached hydrogens (tertiary/aromatic N) is 2. The Kier molecular flexibility index (Phi) is 5.01. The number of morpholine rings is 1. The van der Waals surface area contributed by atoms with Gasteiger partial charge in [0.15, 0.2) is 0 Å². The summed E-state index contributed by atoms with van der Waals surface area (Å²) in [5, 5.41) is 6.87. The summed E-state index contributed by atoms with van der Waals surface area (Å²) in [4.78, 5) is 0. The molecule has 9 heteroatoms. The van der Waals surface area contributed by atoms with Gasteiger partial charge >= 0.3 is 6.36 Å². The molecule has 0 spiro atoms. The average Bonchev–Trinajstić information content (AvgIpc) is 3.18. The quantitative estimate of drug-likeness (QED) is 0.831. The third kappa shape index (κ3) is 4.15. The maximum atomic E-state index is 12.3. The van der Waals surface area contributed by atoms with Gasteiger partial charge in [0, 0.05) is 25.5 Å². The van der Waals surface area contributed by atoms with Crippen LogP contribution >= 0.6 is 0 Å². The molecule has 2 aliphatic heterocycles. The van der Waals surface area contributed by atoms with E-state index in [-0.39, 0.29) is 11.9 Å². The van der Waals surface area contributed by atoms with Crippen molar-refractivity contribution in [1.29, 1.82) is 0 Å². The van der Waals surface area contributed by atoms with Crippen molar-refractivity contribution in [2.45, 2.75) is 12.5 Å². The highest BCUT2D eigenvalue weighted by Gasteiger charge is 2.31. The van der Waals surface area contributed by atoms with Crippen molar-refractivity contribution in [3.8, 4) is 5.75 Å². The molecule has 1 atom stereocenters. The van der Waals surface area contributed by atoms with Crippen LogP contribution < -0.4 is 25.6 Å². The Labute approximate surface area is 160 Å². The molecule has 0 aromatic heterocycles. The van der Waals surface area contributed by atoms with Gasteiger partial charge in [-0.3, -0.25) is 5.43 Å². The van der Waals surface area contributed by atoms with Gasteiger partial charge in [0.2, 0.25) is 0 Å². The molecular weight excluding hydrogens is 373 g/mol. The second kappa shape index (κ2) is 7.61. The van der Waals surface area contributed by atoms with Crippen LogP contribution in [0.1, 0.15) is 11.7 Å². The van der Waals surface area contributed by atoms with Crippen LogP contribution in [0, 0.1) is 0 Å². The number of anilines is 2. The number of nitrogens with one attached hydrogen (secondary N) is 2. The Morgan fingerprint density at radius 3 is 2.36 bits per heavy atom. The number of benzene rings is 2. The lowest BCUT2D eigenvalue weighted by Crippen LogP contribution is -2.42.